The predicted molar refractivity (Wildman–Crippen MR) is 92.2 cm³/mol. The molecule has 0 aromatic heterocycles. The Hall–Kier alpha value is -3.00. The van der Waals surface area contributed by atoms with Crippen molar-refractivity contribution >= 4 is 28.9 Å². The molecule has 25 heavy (non-hydrogen) atoms. The lowest BCUT2D eigenvalue weighted by Crippen LogP contribution is -2.13. The summed E-state index contributed by atoms with van der Waals surface area (Å²) in [6.45, 7) is 0. The van der Waals surface area contributed by atoms with Gasteiger partial charge in [-0.3, -0.25) is 14.9 Å². The fraction of sp³-hybridized carbons (Fsp3) is 0.188. The number of halogens is 1. The van der Waals surface area contributed by atoms with Crippen LogP contribution in [0.4, 0.5) is 11.4 Å². The first-order valence-electron chi connectivity index (χ1n) is 6.96. The molecule has 0 aliphatic rings. The zero-order chi connectivity index (χ0) is 18.6. The van der Waals surface area contributed by atoms with Crippen LogP contribution in [0.15, 0.2) is 30.3 Å². The number of benzene rings is 2. The monoisotopic (exact) mass is 366 g/mol. The molecule has 1 amide bonds. The number of ether oxygens (including phenoxy) is 3. The number of non-ortho nitro benzene ring substituents is 1. The molecule has 0 aliphatic heterocycles. The standard InChI is InChI=1S/C16H15ClN2O6/c1-23-13-6-9(7-14(24-2)15(13)25-3)16(20)18-12-8-10(19(21)22)4-5-11(12)17/h4-8H,1-3H3,(H,18,20). The molecular formula is C16H15ClN2O6. The number of nitrogens with one attached hydrogen (secondary N) is 1. The van der Waals surface area contributed by atoms with Crippen molar-refractivity contribution in [3.63, 3.8) is 0 Å². The van der Waals surface area contributed by atoms with Crippen molar-refractivity contribution in [1.82, 2.24) is 0 Å². The average molecular weight is 367 g/mol. The van der Waals surface area contributed by atoms with Crippen LogP contribution in [0.25, 0.3) is 0 Å². The van der Waals surface area contributed by atoms with Crippen molar-refractivity contribution in [3.05, 3.63) is 51.0 Å². The van der Waals surface area contributed by atoms with E-state index in [4.69, 9.17) is 25.8 Å². The molecule has 0 heterocycles. The largest absolute Gasteiger partial charge is 0.493 e. The summed E-state index contributed by atoms with van der Waals surface area (Å²) in [6.07, 6.45) is 0. The molecule has 1 N–H and O–H groups in total. The number of nitro groups is 1. The number of amides is 1. The van der Waals surface area contributed by atoms with Crippen molar-refractivity contribution in [2.24, 2.45) is 0 Å². The molecule has 2 aromatic rings. The number of rotatable bonds is 6. The van der Waals surface area contributed by atoms with Crippen LogP contribution < -0.4 is 19.5 Å². The Kier molecular flexibility index (Phi) is 5.66. The maximum absolute atomic E-state index is 12.5. The van der Waals surface area contributed by atoms with Crippen molar-refractivity contribution in [1.29, 1.82) is 0 Å². The first-order chi connectivity index (χ1) is 11.9. The molecule has 9 heteroatoms. The van der Waals surface area contributed by atoms with Crippen LogP contribution >= 0.6 is 11.6 Å². The van der Waals surface area contributed by atoms with Crippen LogP contribution in [-0.2, 0) is 0 Å². The van der Waals surface area contributed by atoms with Gasteiger partial charge in [-0.15, -0.1) is 0 Å². The third-order valence-electron chi connectivity index (χ3n) is 3.34. The summed E-state index contributed by atoms with van der Waals surface area (Å²) in [6, 6.07) is 6.68. The topological polar surface area (TPSA) is 99.9 Å². The van der Waals surface area contributed by atoms with Gasteiger partial charge in [-0.1, -0.05) is 11.6 Å². The average Bonchev–Trinajstić information content (AvgIpc) is 2.61. The Bertz CT molecular complexity index is 799. The highest BCUT2D eigenvalue weighted by atomic mass is 35.5. The van der Waals surface area contributed by atoms with Crippen molar-refractivity contribution in [2.75, 3.05) is 26.6 Å². The van der Waals surface area contributed by atoms with E-state index in [2.05, 4.69) is 5.32 Å². The van der Waals surface area contributed by atoms with Gasteiger partial charge < -0.3 is 19.5 Å². The van der Waals surface area contributed by atoms with Crippen molar-refractivity contribution in [3.8, 4) is 17.2 Å². The van der Waals surface area contributed by atoms with Gasteiger partial charge in [0.2, 0.25) is 5.75 Å². The first-order valence-corrected chi connectivity index (χ1v) is 7.34. The molecule has 0 bridgehead atoms. The molecule has 0 atom stereocenters. The van der Waals surface area contributed by atoms with E-state index in [0.29, 0.717) is 17.2 Å². The number of hydrogen-bond donors (Lipinski definition) is 1. The van der Waals surface area contributed by atoms with E-state index in [0.717, 1.165) is 0 Å². The van der Waals surface area contributed by atoms with Gasteiger partial charge >= 0.3 is 0 Å². The minimum atomic E-state index is -0.578. The van der Waals surface area contributed by atoms with Crippen molar-refractivity contribution in [2.45, 2.75) is 0 Å². The number of carbonyl (C=O) groups excluding carboxylic acids is 1. The summed E-state index contributed by atoms with van der Waals surface area (Å²) >= 11 is 5.99. The number of nitrogens with zero attached hydrogens (tertiary/aromatic N) is 1. The van der Waals surface area contributed by atoms with Gasteiger partial charge in [0.05, 0.1) is 37.0 Å². The van der Waals surface area contributed by atoms with Gasteiger partial charge in [-0.05, 0) is 18.2 Å². The molecule has 2 rings (SSSR count). The molecule has 132 valence electrons. The Morgan fingerprint density at radius 1 is 1.08 bits per heavy atom. The molecule has 0 spiro atoms. The maximum atomic E-state index is 12.5. The summed E-state index contributed by atoms with van der Waals surface area (Å²) in [5, 5.41) is 13.6. The van der Waals surface area contributed by atoms with Crippen LogP contribution in [0, 0.1) is 10.1 Å². The summed E-state index contributed by atoms with van der Waals surface area (Å²) in [7, 11) is 4.30. The fourth-order valence-electron chi connectivity index (χ4n) is 2.13. The number of hydrogen-bond acceptors (Lipinski definition) is 6. The molecule has 0 saturated carbocycles. The third kappa shape index (κ3) is 3.92. The van der Waals surface area contributed by atoms with Crippen LogP contribution in [-0.4, -0.2) is 32.2 Å². The second-order valence-electron chi connectivity index (χ2n) is 4.79. The minimum Gasteiger partial charge on any atom is -0.493 e. The van der Waals surface area contributed by atoms with Crippen molar-refractivity contribution < 1.29 is 23.9 Å². The Morgan fingerprint density at radius 2 is 1.68 bits per heavy atom. The lowest BCUT2D eigenvalue weighted by molar-refractivity contribution is -0.384. The highest BCUT2D eigenvalue weighted by Crippen LogP contribution is 2.38. The van der Waals surface area contributed by atoms with E-state index in [1.54, 1.807) is 0 Å². The van der Waals surface area contributed by atoms with Gasteiger partial charge in [0.15, 0.2) is 11.5 Å². The molecule has 0 aliphatic carbocycles. The van der Waals surface area contributed by atoms with E-state index < -0.39 is 10.8 Å². The summed E-state index contributed by atoms with van der Waals surface area (Å²) in [4.78, 5) is 22.8. The number of anilines is 1. The van der Waals surface area contributed by atoms with E-state index >= 15 is 0 Å². The van der Waals surface area contributed by atoms with Gasteiger partial charge in [0, 0.05) is 17.7 Å². The molecule has 0 fully saturated rings. The fourth-order valence-corrected chi connectivity index (χ4v) is 2.29. The number of methoxy groups -OCH3 is 3. The Labute approximate surface area is 148 Å². The second-order valence-corrected chi connectivity index (χ2v) is 5.20. The Balaban J connectivity index is 2.39. The van der Waals surface area contributed by atoms with Gasteiger partial charge in [-0.25, -0.2) is 0 Å². The molecule has 0 radical (unpaired) electrons. The maximum Gasteiger partial charge on any atom is 0.271 e. The molecule has 2 aromatic carbocycles. The second kappa shape index (κ2) is 7.71. The quantitative estimate of drug-likeness (QED) is 0.620. The zero-order valence-electron chi connectivity index (χ0n) is 13.7. The van der Waals surface area contributed by atoms with Crippen LogP contribution in [0.2, 0.25) is 5.02 Å². The molecular weight excluding hydrogens is 352 g/mol. The van der Waals surface area contributed by atoms with Gasteiger partial charge in [-0.2, -0.15) is 0 Å². The van der Waals surface area contributed by atoms with E-state index in [-0.39, 0.29) is 22.0 Å². The van der Waals surface area contributed by atoms with E-state index in [1.807, 2.05) is 0 Å². The third-order valence-corrected chi connectivity index (χ3v) is 3.67. The lowest BCUT2D eigenvalue weighted by Gasteiger charge is -2.14. The van der Waals surface area contributed by atoms with Gasteiger partial charge in [0.25, 0.3) is 11.6 Å². The zero-order valence-corrected chi connectivity index (χ0v) is 14.4. The van der Waals surface area contributed by atoms with Crippen LogP contribution in [0.5, 0.6) is 17.2 Å². The number of carbonyl (C=O) groups is 1. The Morgan fingerprint density at radius 3 is 2.16 bits per heavy atom. The van der Waals surface area contributed by atoms with E-state index in [1.165, 1.54) is 51.7 Å². The van der Waals surface area contributed by atoms with E-state index in [9.17, 15) is 14.9 Å². The first kappa shape index (κ1) is 18.3. The van der Waals surface area contributed by atoms with Gasteiger partial charge in [0.1, 0.15) is 0 Å². The molecule has 0 saturated heterocycles. The van der Waals surface area contributed by atoms with Crippen LogP contribution in [0.1, 0.15) is 10.4 Å². The smallest absolute Gasteiger partial charge is 0.271 e. The predicted octanol–water partition coefficient (Wildman–Crippen LogP) is 3.53. The summed E-state index contributed by atoms with van der Waals surface area (Å²) in [5.41, 5.74) is 0.135. The minimum absolute atomic E-state index is 0.120. The highest BCUT2D eigenvalue weighted by Gasteiger charge is 2.18. The van der Waals surface area contributed by atoms with Crippen LogP contribution in [0.3, 0.4) is 0 Å². The summed E-state index contributed by atoms with van der Waals surface area (Å²) < 4.78 is 15.6. The summed E-state index contributed by atoms with van der Waals surface area (Å²) in [5.74, 6) is 0.408. The highest BCUT2D eigenvalue weighted by molar-refractivity contribution is 6.34. The molecule has 0 unspecified atom stereocenters. The SMILES string of the molecule is COc1cc(C(=O)Nc2cc([N+](=O)[O-])ccc2Cl)cc(OC)c1OC. The molecule has 8 nitrogen and oxygen atoms in total. The number of nitro benzene ring substituents is 1. The lowest BCUT2D eigenvalue weighted by atomic mass is 10.1. The normalized spacial score (nSPS) is 10.1.